The molecule has 1 aliphatic rings. The van der Waals surface area contributed by atoms with E-state index in [1.165, 1.54) is 128 Å². The van der Waals surface area contributed by atoms with Crippen molar-refractivity contribution >= 4 is 11.9 Å². The van der Waals surface area contributed by atoms with Crippen LogP contribution in [0, 0.1) is 0 Å². The van der Waals surface area contributed by atoms with E-state index in [4.69, 9.17) is 14.2 Å². The van der Waals surface area contributed by atoms with Crippen molar-refractivity contribution in [3.05, 3.63) is 72.9 Å². The largest absolute Gasteiger partial charge is 0.454 e. The summed E-state index contributed by atoms with van der Waals surface area (Å²) in [7, 11) is 0. The van der Waals surface area contributed by atoms with E-state index in [9.17, 15) is 35.1 Å². The Balaban J connectivity index is 2.66. The van der Waals surface area contributed by atoms with Gasteiger partial charge >= 0.3 is 5.97 Å². The van der Waals surface area contributed by atoms with Crippen LogP contribution in [0.3, 0.4) is 0 Å². The van der Waals surface area contributed by atoms with Crippen molar-refractivity contribution in [2.45, 2.75) is 327 Å². The maximum Gasteiger partial charge on any atom is 0.306 e. The molecule has 1 aliphatic heterocycles. The van der Waals surface area contributed by atoms with E-state index in [0.717, 1.165) is 103 Å². The highest BCUT2D eigenvalue weighted by Crippen LogP contribution is 2.26. The molecule has 0 aromatic carbocycles. The average molecular weight is 1100 g/mol. The first kappa shape index (κ1) is 73.1. The molecule has 0 saturated carbocycles. The van der Waals surface area contributed by atoms with Crippen LogP contribution in [-0.4, -0.2) is 99.6 Å². The number of nitrogens with one attached hydrogen (secondary N) is 1. The minimum Gasteiger partial charge on any atom is -0.454 e. The monoisotopic (exact) mass is 1100 g/mol. The average Bonchev–Trinajstić information content (AvgIpc) is 3.45. The minimum absolute atomic E-state index is 0.1000. The highest BCUT2D eigenvalue weighted by Gasteiger charge is 2.47. The number of hydrogen-bond acceptors (Lipinski definition) is 10. The van der Waals surface area contributed by atoms with Gasteiger partial charge in [0.1, 0.15) is 24.4 Å². The van der Waals surface area contributed by atoms with Crippen LogP contribution < -0.4 is 5.32 Å². The Morgan fingerprint density at radius 3 is 1.38 bits per heavy atom. The van der Waals surface area contributed by atoms with E-state index in [2.05, 4.69) is 86.8 Å². The van der Waals surface area contributed by atoms with E-state index < -0.39 is 67.4 Å². The SMILES string of the molecule is CC/C=C\C/C=C\C/C=C\C/C=C\C/C=C\CCCCCCCC(=O)OC1C(OCC(NC(=O)C(O)CCCCCCCCCCCCCCCCCC)C(O)/C=C/CCCCCCCCCCCC)OC(CO)C(O)C1O. The van der Waals surface area contributed by atoms with Crippen molar-refractivity contribution in [2.75, 3.05) is 13.2 Å². The van der Waals surface area contributed by atoms with Crippen LogP contribution in [0.15, 0.2) is 72.9 Å². The van der Waals surface area contributed by atoms with Gasteiger partial charge < -0.3 is 45.1 Å². The summed E-state index contributed by atoms with van der Waals surface area (Å²) < 4.78 is 17.6. The molecule has 11 nitrogen and oxygen atoms in total. The second-order valence-electron chi connectivity index (χ2n) is 22.1. The molecule has 6 N–H and O–H groups in total. The fourth-order valence-electron chi connectivity index (χ4n) is 9.80. The van der Waals surface area contributed by atoms with Crippen molar-refractivity contribution in [3.63, 3.8) is 0 Å². The molecule has 1 saturated heterocycles. The fraction of sp³-hybridized carbons (Fsp3) is 0.791. The number of carbonyl (C=O) groups excluding carboxylic acids is 2. The summed E-state index contributed by atoms with van der Waals surface area (Å²) in [6.07, 6.45) is 59.3. The number of allylic oxidation sites excluding steroid dienone is 11. The molecule has 0 spiro atoms. The quantitative estimate of drug-likeness (QED) is 0.0195. The van der Waals surface area contributed by atoms with Gasteiger partial charge in [-0.05, 0) is 70.6 Å². The molecule has 0 aliphatic carbocycles. The van der Waals surface area contributed by atoms with Crippen LogP contribution in [0.25, 0.3) is 0 Å². The number of unbranched alkanes of at least 4 members (excludes halogenated alkanes) is 30. The van der Waals surface area contributed by atoms with Gasteiger partial charge in [-0.3, -0.25) is 9.59 Å². The summed E-state index contributed by atoms with van der Waals surface area (Å²) in [6.45, 7) is 5.68. The second kappa shape index (κ2) is 54.7. The van der Waals surface area contributed by atoms with Crippen molar-refractivity contribution in [1.82, 2.24) is 5.32 Å². The normalized spacial score (nSPS) is 19.4. The zero-order valence-electron chi connectivity index (χ0n) is 50.0. The summed E-state index contributed by atoms with van der Waals surface area (Å²) >= 11 is 0. The molecule has 1 fully saturated rings. The number of ether oxygens (including phenoxy) is 3. The van der Waals surface area contributed by atoms with Crippen LogP contribution in [0.1, 0.15) is 278 Å². The van der Waals surface area contributed by atoms with Crippen molar-refractivity contribution in [2.24, 2.45) is 0 Å². The third-order valence-corrected chi connectivity index (χ3v) is 14.9. The van der Waals surface area contributed by atoms with Crippen molar-refractivity contribution < 1.29 is 49.3 Å². The molecular weight excluding hydrogens is 979 g/mol. The summed E-state index contributed by atoms with van der Waals surface area (Å²) in [4.78, 5) is 26.6. The zero-order valence-corrected chi connectivity index (χ0v) is 50.0. The molecular formula is C67H119NO10. The molecule has 1 heterocycles. The lowest BCUT2D eigenvalue weighted by Crippen LogP contribution is -2.61. The van der Waals surface area contributed by atoms with E-state index >= 15 is 0 Å². The summed E-state index contributed by atoms with van der Waals surface area (Å²) in [5.41, 5.74) is 0. The predicted octanol–water partition coefficient (Wildman–Crippen LogP) is 15.6. The number of hydrogen-bond donors (Lipinski definition) is 6. The van der Waals surface area contributed by atoms with E-state index in [1.807, 2.05) is 6.08 Å². The molecule has 0 radical (unpaired) electrons. The van der Waals surface area contributed by atoms with Crippen LogP contribution in [0.4, 0.5) is 0 Å². The van der Waals surface area contributed by atoms with Crippen LogP contribution >= 0.6 is 0 Å². The predicted molar refractivity (Wildman–Crippen MR) is 324 cm³/mol. The Hall–Kier alpha value is -2.90. The van der Waals surface area contributed by atoms with Gasteiger partial charge in [0, 0.05) is 6.42 Å². The van der Waals surface area contributed by atoms with Gasteiger partial charge in [-0.15, -0.1) is 0 Å². The summed E-state index contributed by atoms with van der Waals surface area (Å²) in [5, 5.41) is 57.0. The maximum absolute atomic E-state index is 13.4. The lowest BCUT2D eigenvalue weighted by Gasteiger charge is -2.41. The molecule has 8 unspecified atom stereocenters. The molecule has 1 amide bonds. The number of amides is 1. The van der Waals surface area contributed by atoms with Crippen molar-refractivity contribution in [3.8, 4) is 0 Å². The lowest BCUT2D eigenvalue weighted by atomic mass is 9.99. The Morgan fingerprint density at radius 2 is 0.923 bits per heavy atom. The number of rotatable bonds is 54. The molecule has 78 heavy (non-hydrogen) atoms. The molecule has 0 aromatic rings. The van der Waals surface area contributed by atoms with Gasteiger partial charge in [-0.2, -0.15) is 0 Å². The molecule has 1 rings (SSSR count). The zero-order chi connectivity index (χ0) is 56.8. The molecule has 11 heteroatoms. The fourth-order valence-corrected chi connectivity index (χ4v) is 9.80. The second-order valence-corrected chi connectivity index (χ2v) is 22.1. The molecule has 8 atom stereocenters. The third-order valence-electron chi connectivity index (χ3n) is 14.9. The smallest absolute Gasteiger partial charge is 0.306 e. The standard InChI is InChI=1S/C67H119NO10/c1-4-7-10-13-16-19-22-25-27-29-30-31-32-33-35-37-40-43-46-49-52-55-62(72)78-65-64(74)63(73)61(56-69)77-67(65)76-57-58(59(70)53-50-47-44-41-38-24-21-18-15-12-9-6-3)68-66(75)60(71)54-51-48-45-42-39-36-34-28-26-23-20-17-14-11-8-5-2/h7,10,16,19,25,27,30-31,33,35,50,53,58-61,63-65,67,69-71,73-74H,4-6,8-9,11-15,17-18,20-24,26,28-29,32,34,36-49,51-52,54-57H2,1-3H3,(H,68,75)/b10-7-,19-16-,27-25-,31-30-,35-33-,53-50+. The number of aliphatic hydroxyl groups excluding tert-OH is 5. The first-order valence-electron chi connectivity index (χ1n) is 32.2. The summed E-state index contributed by atoms with van der Waals surface area (Å²) in [5.74, 6) is -1.21. The summed E-state index contributed by atoms with van der Waals surface area (Å²) in [6, 6.07) is -1.03. The van der Waals surface area contributed by atoms with E-state index in [0.29, 0.717) is 19.3 Å². The number of carbonyl (C=O) groups is 2. The Kier molecular flexibility index (Phi) is 51.3. The van der Waals surface area contributed by atoms with Gasteiger partial charge in [0.15, 0.2) is 12.4 Å². The maximum atomic E-state index is 13.4. The van der Waals surface area contributed by atoms with Crippen molar-refractivity contribution in [1.29, 1.82) is 0 Å². The van der Waals surface area contributed by atoms with E-state index in [1.54, 1.807) is 6.08 Å². The van der Waals surface area contributed by atoms with Gasteiger partial charge in [-0.25, -0.2) is 0 Å². The molecule has 452 valence electrons. The van der Waals surface area contributed by atoms with Crippen LogP contribution in [0.5, 0.6) is 0 Å². The first-order chi connectivity index (χ1) is 38.2. The number of esters is 1. The van der Waals surface area contributed by atoms with Crippen LogP contribution in [0.2, 0.25) is 0 Å². The topological polar surface area (TPSA) is 175 Å². The Bertz CT molecular complexity index is 1540. The van der Waals surface area contributed by atoms with Gasteiger partial charge in [0.2, 0.25) is 5.91 Å². The highest BCUT2D eigenvalue weighted by molar-refractivity contribution is 5.80. The Labute approximate surface area is 477 Å². The van der Waals surface area contributed by atoms with Crippen LogP contribution in [-0.2, 0) is 23.8 Å². The van der Waals surface area contributed by atoms with Gasteiger partial charge in [0.25, 0.3) is 0 Å². The number of aliphatic hydroxyl groups is 5. The van der Waals surface area contributed by atoms with E-state index in [-0.39, 0.29) is 13.0 Å². The minimum atomic E-state index is -1.62. The van der Waals surface area contributed by atoms with Gasteiger partial charge in [0.05, 0.1) is 25.4 Å². The third kappa shape index (κ3) is 42.0. The lowest BCUT2D eigenvalue weighted by molar-refractivity contribution is -0.305. The first-order valence-corrected chi connectivity index (χ1v) is 32.2. The van der Waals surface area contributed by atoms with Gasteiger partial charge in [-0.1, -0.05) is 273 Å². The molecule has 0 bridgehead atoms. The molecule has 0 aromatic heterocycles. The highest BCUT2D eigenvalue weighted by atomic mass is 16.7. The Morgan fingerprint density at radius 1 is 0.513 bits per heavy atom.